The molecule has 1 aliphatic rings. The van der Waals surface area contributed by atoms with Gasteiger partial charge in [0.15, 0.2) is 0 Å². The van der Waals surface area contributed by atoms with Crippen molar-refractivity contribution in [3.05, 3.63) is 128 Å². The predicted molar refractivity (Wildman–Crippen MR) is 218 cm³/mol. The Kier molecular flexibility index (Phi) is 10.9. The third kappa shape index (κ3) is 7.53. The van der Waals surface area contributed by atoms with E-state index < -0.39 is 5.97 Å². The van der Waals surface area contributed by atoms with Crippen molar-refractivity contribution in [2.45, 2.75) is 47.1 Å². The monoisotopic (exact) mass is 778 g/mol. The van der Waals surface area contributed by atoms with Crippen LogP contribution in [-0.2, 0) is 20.0 Å². The SMILES string of the molecule is Cc1cc(OCCCc2c(C(=O)N3CCN(c4cccc(C(=O)O)c4)CC3)n(Cc3cccnc3)c3c(-c4c(C)nn(C)c4C)c(Cl)ccc23)cc(C)c1Cl. The van der Waals surface area contributed by atoms with Crippen LogP contribution in [0, 0.1) is 27.7 Å². The lowest BCUT2D eigenvalue weighted by Crippen LogP contribution is -2.49. The number of halogens is 2. The number of anilines is 1. The summed E-state index contributed by atoms with van der Waals surface area (Å²) >= 11 is 13.6. The molecule has 3 aromatic heterocycles. The molecular formula is C43H44Cl2N6O4. The molecule has 0 radical (unpaired) electrons. The predicted octanol–water partition coefficient (Wildman–Crippen LogP) is 8.70. The summed E-state index contributed by atoms with van der Waals surface area (Å²) in [5.41, 5.74) is 9.97. The number of piperazine rings is 1. The Morgan fingerprint density at radius 1 is 0.909 bits per heavy atom. The van der Waals surface area contributed by atoms with Crippen molar-refractivity contribution in [3.8, 4) is 16.9 Å². The van der Waals surface area contributed by atoms with Crippen LogP contribution >= 0.6 is 23.2 Å². The molecule has 284 valence electrons. The van der Waals surface area contributed by atoms with Crippen molar-refractivity contribution in [1.82, 2.24) is 24.2 Å². The lowest BCUT2D eigenvalue weighted by atomic mass is 9.98. The number of hydrogen-bond acceptors (Lipinski definition) is 6. The minimum atomic E-state index is -0.968. The number of carbonyl (C=O) groups is 2. The molecule has 55 heavy (non-hydrogen) atoms. The van der Waals surface area contributed by atoms with Gasteiger partial charge in [-0.25, -0.2) is 4.79 Å². The first-order chi connectivity index (χ1) is 26.4. The second-order valence-corrected chi connectivity index (χ2v) is 15.0. The Morgan fingerprint density at radius 3 is 2.31 bits per heavy atom. The highest BCUT2D eigenvalue weighted by atomic mass is 35.5. The van der Waals surface area contributed by atoms with Crippen molar-refractivity contribution in [3.63, 3.8) is 0 Å². The first-order valence-electron chi connectivity index (χ1n) is 18.4. The number of carbonyl (C=O) groups excluding carboxylic acids is 1. The largest absolute Gasteiger partial charge is 0.494 e. The summed E-state index contributed by atoms with van der Waals surface area (Å²) in [6, 6.07) is 18.7. The fourth-order valence-electron chi connectivity index (χ4n) is 7.78. The van der Waals surface area contributed by atoms with Gasteiger partial charge in [0.2, 0.25) is 0 Å². The highest BCUT2D eigenvalue weighted by Gasteiger charge is 2.32. The maximum Gasteiger partial charge on any atom is 0.335 e. The summed E-state index contributed by atoms with van der Waals surface area (Å²) in [5.74, 6) is -0.275. The van der Waals surface area contributed by atoms with Crippen LogP contribution in [0.4, 0.5) is 5.69 Å². The molecule has 0 unspecified atom stereocenters. The molecule has 0 atom stereocenters. The van der Waals surface area contributed by atoms with E-state index >= 15 is 4.79 Å². The zero-order valence-corrected chi connectivity index (χ0v) is 33.2. The highest BCUT2D eigenvalue weighted by molar-refractivity contribution is 6.35. The summed E-state index contributed by atoms with van der Waals surface area (Å²) in [4.78, 5) is 35.2. The van der Waals surface area contributed by atoms with Gasteiger partial charge in [-0.15, -0.1) is 0 Å². The van der Waals surface area contributed by atoms with E-state index in [1.807, 2.05) is 93.0 Å². The topological polar surface area (TPSA) is 106 Å². The number of carboxylic acid groups (broad SMARTS) is 1. The van der Waals surface area contributed by atoms with Gasteiger partial charge in [0.05, 0.1) is 28.4 Å². The molecular weight excluding hydrogens is 735 g/mol. The van der Waals surface area contributed by atoms with Crippen LogP contribution in [-0.4, -0.2) is 74.0 Å². The Morgan fingerprint density at radius 2 is 1.65 bits per heavy atom. The summed E-state index contributed by atoms with van der Waals surface area (Å²) in [7, 11) is 1.93. The Hall–Kier alpha value is -5.32. The van der Waals surface area contributed by atoms with Crippen molar-refractivity contribution in [1.29, 1.82) is 0 Å². The number of aromatic carboxylic acids is 1. The van der Waals surface area contributed by atoms with E-state index in [0.717, 1.165) is 72.1 Å². The van der Waals surface area contributed by atoms with Crippen molar-refractivity contribution >= 4 is 51.7 Å². The van der Waals surface area contributed by atoms with Crippen LogP contribution < -0.4 is 9.64 Å². The molecule has 0 bridgehead atoms. The summed E-state index contributed by atoms with van der Waals surface area (Å²) in [6.07, 6.45) is 4.81. The molecule has 0 saturated carbocycles. The number of carboxylic acids is 1. The van der Waals surface area contributed by atoms with Gasteiger partial charge >= 0.3 is 5.97 Å². The first kappa shape index (κ1) is 38.0. The van der Waals surface area contributed by atoms with Crippen molar-refractivity contribution in [2.75, 3.05) is 37.7 Å². The molecule has 1 saturated heterocycles. The molecule has 0 aliphatic carbocycles. The Balaban J connectivity index is 1.32. The Labute approximate surface area is 330 Å². The molecule has 1 aliphatic heterocycles. The summed E-state index contributed by atoms with van der Waals surface area (Å²) < 4.78 is 10.3. The molecule has 7 rings (SSSR count). The van der Waals surface area contributed by atoms with E-state index in [1.165, 1.54) is 0 Å². The van der Waals surface area contributed by atoms with Crippen LogP contribution in [0.15, 0.2) is 73.1 Å². The molecule has 0 spiro atoms. The maximum absolute atomic E-state index is 15.1. The van der Waals surface area contributed by atoms with Crippen LogP contribution in [0.1, 0.15) is 60.9 Å². The van der Waals surface area contributed by atoms with E-state index in [1.54, 1.807) is 24.4 Å². The van der Waals surface area contributed by atoms with Crippen molar-refractivity contribution < 1.29 is 19.4 Å². The summed E-state index contributed by atoms with van der Waals surface area (Å²) in [6.45, 7) is 10.9. The minimum Gasteiger partial charge on any atom is -0.494 e. The maximum atomic E-state index is 15.1. The number of ether oxygens (including phenoxy) is 1. The van der Waals surface area contributed by atoms with Crippen LogP contribution in [0.5, 0.6) is 5.75 Å². The normalized spacial score (nSPS) is 13.1. The van der Waals surface area contributed by atoms with Gasteiger partial charge in [-0.3, -0.25) is 14.5 Å². The first-order valence-corrected chi connectivity index (χ1v) is 19.2. The minimum absolute atomic E-state index is 0.0689. The molecule has 6 aromatic rings. The lowest BCUT2D eigenvalue weighted by molar-refractivity contribution is 0.0695. The van der Waals surface area contributed by atoms with Crippen molar-refractivity contribution in [2.24, 2.45) is 7.05 Å². The second kappa shape index (κ2) is 15.8. The molecule has 3 aromatic carbocycles. The number of rotatable bonds is 11. The number of hydrogen-bond donors (Lipinski definition) is 1. The molecule has 1 N–H and O–H groups in total. The lowest BCUT2D eigenvalue weighted by Gasteiger charge is -2.36. The zero-order chi connectivity index (χ0) is 39.0. The van der Waals surface area contributed by atoms with Gasteiger partial charge < -0.3 is 24.2 Å². The molecule has 4 heterocycles. The zero-order valence-electron chi connectivity index (χ0n) is 31.7. The van der Waals surface area contributed by atoms with E-state index in [9.17, 15) is 9.90 Å². The van der Waals surface area contributed by atoms with Gasteiger partial charge in [0, 0.05) is 85.1 Å². The number of aromatic nitrogens is 4. The summed E-state index contributed by atoms with van der Waals surface area (Å²) in [5, 5.41) is 16.6. The van der Waals surface area contributed by atoms with Gasteiger partial charge in [0.25, 0.3) is 5.91 Å². The second-order valence-electron chi connectivity index (χ2n) is 14.2. The van der Waals surface area contributed by atoms with Gasteiger partial charge in [-0.2, -0.15) is 5.10 Å². The number of nitrogens with zero attached hydrogens (tertiary/aromatic N) is 6. The van der Waals surface area contributed by atoms with Crippen LogP contribution in [0.3, 0.4) is 0 Å². The number of benzene rings is 3. The quantitative estimate of drug-likeness (QED) is 0.131. The van der Waals surface area contributed by atoms with Gasteiger partial charge in [-0.1, -0.05) is 41.4 Å². The fraction of sp³-hybridized carbons (Fsp3) is 0.302. The smallest absolute Gasteiger partial charge is 0.335 e. The average Bonchev–Trinajstić information content (AvgIpc) is 3.62. The fourth-order valence-corrected chi connectivity index (χ4v) is 8.13. The molecule has 10 nitrogen and oxygen atoms in total. The molecule has 1 fully saturated rings. The number of pyridine rings is 1. The van der Waals surface area contributed by atoms with Crippen LogP contribution in [0.2, 0.25) is 10.0 Å². The van der Waals surface area contributed by atoms with E-state index in [2.05, 4.69) is 14.5 Å². The third-order valence-corrected chi connectivity index (χ3v) is 11.5. The van der Waals surface area contributed by atoms with Gasteiger partial charge in [-0.05, 0) is 105 Å². The number of aryl methyl sites for hydroxylation is 5. The number of fused-ring (bicyclic) bond motifs is 1. The van der Waals surface area contributed by atoms with Gasteiger partial charge in [0.1, 0.15) is 11.4 Å². The highest BCUT2D eigenvalue weighted by Crippen LogP contribution is 2.43. The van der Waals surface area contributed by atoms with Crippen LogP contribution in [0.25, 0.3) is 22.0 Å². The van der Waals surface area contributed by atoms with E-state index in [0.29, 0.717) is 62.9 Å². The third-order valence-electron chi connectivity index (χ3n) is 10.6. The average molecular weight is 780 g/mol. The van der Waals surface area contributed by atoms with E-state index in [4.69, 9.17) is 33.0 Å². The standard InChI is InChI=1S/C43H44Cl2N6O4/c1-26-21-33(22-27(2)39(26)45)55-20-8-12-34-35-13-14-36(44)38(37-28(3)47-48(5)29(37)4)40(35)51(25-30-9-7-15-46-24-30)41(34)42(52)50-18-16-49(17-19-50)32-11-6-10-31(23-32)43(53)54/h6-7,9-11,13-15,21-24H,8,12,16-20,25H2,1-5H3,(H,53,54). The number of amides is 1. The molecule has 12 heteroatoms. The Bertz CT molecular complexity index is 2390. The molecule has 1 amide bonds. The van der Waals surface area contributed by atoms with E-state index in [-0.39, 0.29) is 11.5 Å².